The van der Waals surface area contributed by atoms with Crippen LogP contribution in [0.4, 0.5) is 18.9 Å². The summed E-state index contributed by atoms with van der Waals surface area (Å²) in [6.07, 6.45) is 0.492. The molecular weight excluding hydrogens is 439 g/mol. The minimum atomic E-state index is -1.12. The number of amidine groups is 1. The van der Waals surface area contributed by atoms with E-state index in [4.69, 9.17) is 0 Å². The van der Waals surface area contributed by atoms with Crippen LogP contribution in [0, 0.1) is 17.5 Å². The van der Waals surface area contributed by atoms with Crippen LogP contribution >= 0.6 is 15.9 Å². The Hall–Kier alpha value is -2.59. The zero-order valence-corrected chi connectivity index (χ0v) is 16.6. The number of rotatable bonds is 5. The molecule has 6 nitrogen and oxygen atoms in total. The third-order valence-electron chi connectivity index (χ3n) is 4.04. The van der Waals surface area contributed by atoms with Gasteiger partial charge in [0, 0.05) is 18.7 Å². The van der Waals surface area contributed by atoms with Crippen molar-refractivity contribution < 1.29 is 18.4 Å². The van der Waals surface area contributed by atoms with Gasteiger partial charge in [0.1, 0.15) is 22.7 Å². The molecule has 0 fully saturated rings. The van der Waals surface area contributed by atoms with Crippen LogP contribution in [-0.2, 0) is 6.42 Å². The molecule has 0 unspecified atom stereocenters. The van der Waals surface area contributed by atoms with E-state index >= 15 is 0 Å². The highest BCUT2D eigenvalue weighted by atomic mass is 79.9. The van der Waals surface area contributed by atoms with E-state index in [0.717, 1.165) is 6.07 Å². The van der Waals surface area contributed by atoms with E-state index in [-0.39, 0.29) is 26.9 Å². The average molecular weight is 456 g/mol. The lowest BCUT2D eigenvalue weighted by Gasteiger charge is -2.10. The van der Waals surface area contributed by atoms with E-state index in [1.807, 2.05) is 19.0 Å². The number of likely N-dealkylation sites (N-methyl/N-ethyl adjacent to an activating group) is 1. The summed E-state index contributed by atoms with van der Waals surface area (Å²) >= 11 is 3.06. The van der Waals surface area contributed by atoms with Gasteiger partial charge in [-0.15, -0.1) is 0 Å². The maximum Gasteiger partial charge on any atom is 0.184 e. The van der Waals surface area contributed by atoms with Crippen LogP contribution in [0.25, 0.3) is 11.0 Å². The van der Waals surface area contributed by atoms with Crippen molar-refractivity contribution >= 4 is 38.5 Å². The molecule has 0 aliphatic heterocycles. The molecule has 148 valence electrons. The standard InChI is InChI=1S/C18H17BrF3N5O/c1-27(2)6-5-14-24-16-10(8-13(21)15(22)17(16)25-14)18(26-28)23-9-3-4-12(20)11(19)7-9/h3-4,7-8,28H,5-6H2,1-2H3,(H,23,26)(H,24,25). The summed E-state index contributed by atoms with van der Waals surface area (Å²) in [5.41, 5.74) is 0.438. The Labute approximate surface area is 167 Å². The monoisotopic (exact) mass is 455 g/mol. The molecule has 0 aliphatic rings. The third kappa shape index (κ3) is 4.12. The molecule has 28 heavy (non-hydrogen) atoms. The van der Waals surface area contributed by atoms with Crippen LogP contribution in [0.1, 0.15) is 11.4 Å². The van der Waals surface area contributed by atoms with E-state index in [0.29, 0.717) is 24.5 Å². The number of aromatic amines is 1. The summed E-state index contributed by atoms with van der Waals surface area (Å²) in [5, 5.41) is 15.4. The van der Waals surface area contributed by atoms with Gasteiger partial charge in [-0.1, -0.05) is 5.16 Å². The van der Waals surface area contributed by atoms with Gasteiger partial charge in [-0.05, 0) is 54.3 Å². The van der Waals surface area contributed by atoms with Gasteiger partial charge in [0.25, 0.3) is 0 Å². The number of anilines is 1. The molecule has 3 rings (SSSR count). The summed E-state index contributed by atoms with van der Waals surface area (Å²) in [6, 6.07) is 4.94. The van der Waals surface area contributed by atoms with Crippen LogP contribution in [0.15, 0.2) is 33.9 Å². The van der Waals surface area contributed by atoms with E-state index in [1.54, 1.807) is 0 Å². The quantitative estimate of drug-likeness (QED) is 0.234. The maximum absolute atomic E-state index is 14.3. The summed E-state index contributed by atoms with van der Waals surface area (Å²) in [5.74, 6) is -2.34. The van der Waals surface area contributed by atoms with Crippen molar-refractivity contribution in [2.45, 2.75) is 6.42 Å². The van der Waals surface area contributed by atoms with Crippen molar-refractivity contribution in [1.29, 1.82) is 0 Å². The third-order valence-corrected chi connectivity index (χ3v) is 4.65. The second kappa shape index (κ2) is 8.19. The van der Waals surface area contributed by atoms with Gasteiger partial charge in [0.15, 0.2) is 17.5 Å². The number of hydrogen-bond donors (Lipinski definition) is 3. The van der Waals surface area contributed by atoms with Crippen LogP contribution in [0.2, 0.25) is 0 Å². The second-order valence-corrected chi connectivity index (χ2v) is 7.24. The molecule has 0 amide bonds. The molecule has 0 radical (unpaired) electrons. The van der Waals surface area contributed by atoms with Gasteiger partial charge < -0.3 is 20.4 Å². The predicted molar refractivity (Wildman–Crippen MR) is 104 cm³/mol. The summed E-state index contributed by atoms with van der Waals surface area (Å²) < 4.78 is 42.0. The van der Waals surface area contributed by atoms with Gasteiger partial charge >= 0.3 is 0 Å². The molecule has 0 saturated heterocycles. The van der Waals surface area contributed by atoms with E-state index in [2.05, 4.69) is 36.4 Å². The van der Waals surface area contributed by atoms with Gasteiger partial charge in [0.2, 0.25) is 0 Å². The van der Waals surface area contributed by atoms with Gasteiger partial charge in [-0.25, -0.2) is 18.2 Å². The zero-order valence-electron chi connectivity index (χ0n) is 15.0. The van der Waals surface area contributed by atoms with Crippen molar-refractivity contribution in [2.75, 3.05) is 26.0 Å². The summed E-state index contributed by atoms with van der Waals surface area (Å²) in [4.78, 5) is 9.05. The zero-order chi connectivity index (χ0) is 20.4. The number of aromatic nitrogens is 2. The van der Waals surface area contributed by atoms with Crippen LogP contribution in [-0.4, -0.2) is 46.6 Å². The molecule has 0 bridgehead atoms. The largest absolute Gasteiger partial charge is 0.409 e. The number of H-pyrrole nitrogens is 1. The van der Waals surface area contributed by atoms with Crippen LogP contribution in [0.3, 0.4) is 0 Å². The predicted octanol–water partition coefficient (Wildman–Crippen LogP) is 4.09. The number of halogens is 4. The van der Waals surface area contributed by atoms with Crippen molar-refractivity contribution in [1.82, 2.24) is 14.9 Å². The lowest BCUT2D eigenvalue weighted by Crippen LogP contribution is -2.16. The molecule has 0 spiro atoms. The Kier molecular flexibility index (Phi) is 5.90. The summed E-state index contributed by atoms with van der Waals surface area (Å²) in [6.45, 7) is 0.655. The highest BCUT2D eigenvalue weighted by Gasteiger charge is 2.20. The number of oxime groups is 1. The fourth-order valence-electron chi connectivity index (χ4n) is 2.64. The van der Waals surface area contributed by atoms with Crippen molar-refractivity contribution in [3.8, 4) is 0 Å². The van der Waals surface area contributed by atoms with Crippen molar-refractivity contribution in [2.24, 2.45) is 5.16 Å². The maximum atomic E-state index is 14.3. The van der Waals surface area contributed by atoms with Crippen LogP contribution < -0.4 is 5.32 Å². The average Bonchev–Trinajstić information content (AvgIpc) is 3.08. The highest BCUT2D eigenvalue weighted by molar-refractivity contribution is 9.10. The van der Waals surface area contributed by atoms with Crippen molar-refractivity contribution in [3.63, 3.8) is 0 Å². The Bertz CT molecular complexity index is 1050. The number of nitrogens with zero attached hydrogens (tertiary/aromatic N) is 3. The lowest BCUT2D eigenvalue weighted by atomic mass is 10.1. The molecule has 1 heterocycles. The Balaban J connectivity index is 2.04. The molecular formula is C18H17BrF3N5O. The molecule has 0 atom stereocenters. The molecule has 10 heteroatoms. The lowest BCUT2D eigenvalue weighted by molar-refractivity contribution is 0.319. The minimum absolute atomic E-state index is 0.0594. The molecule has 3 aromatic rings. The first-order chi connectivity index (χ1) is 13.3. The molecule has 2 aromatic carbocycles. The normalized spacial score (nSPS) is 12.2. The molecule has 0 aliphatic carbocycles. The molecule has 1 aromatic heterocycles. The van der Waals surface area contributed by atoms with E-state index in [1.165, 1.54) is 18.2 Å². The van der Waals surface area contributed by atoms with Gasteiger partial charge in [-0.2, -0.15) is 0 Å². The van der Waals surface area contributed by atoms with Gasteiger partial charge in [-0.3, -0.25) is 0 Å². The number of imidazole rings is 1. The van der Waals surface area contributed by atoms with Crippen LogP contribution in [0.5, 0.6) is 0 Å². The van der Waals surface area contributed by atoms with E-state index < -0.39 is 17.5 Å². The first-order valence-corrected chi connectivity index (χ1v) is 9.05. The first-order valence-electron chi connectivity index (χ1n) is 8.26. The SMILES string of the molecule is CN(C)CCc1nc2c(/C(=N/O)Nc3ccc(F)c(Br)c3)cc(F)c(F)c2[nH]1. The smallest absolute Gasteiger partial charge is 0.184 e. The van der Waals surface area contributed by atoms with Gasteiger partial charge in [0.05, 0.1) is 10.0 Å². The topological polar surface area (TPSA) is 76.5 Å². The second-order valence-electron chi connectivity index (χ2n) is 6.38. The Morgan fingerprint density at radius 1 is 1.25 bits per heavy atom. The number of benzene rings is 2. The number of fused-ring (bicyclic) bond motifs is 1. The Morgan fingerprint density at radius 2 is 2.00 bits per heavy atom. The summed E-state index contributed by atoms with van der Waals surface area (Å²) in [7, 11) is 3.77. The highest BCUT2D eigenvalue weighted by Crippen LogP contribution is 2.26. The first kappa shape index (κ1) is 20.2. The molecule has 3 N–H and O–H groups in total. The fraction of sp³-hybridized carbons (Fsp3) is 0.222. The number of hydrogen-bond acceptors (Lipinski definition) is 4. The Morgan fingerprint density at radius 3 is 2.64 bits per heavy atom. The van der Waals surface area contributed by atoms with E-state index in [9.17, 15) is 18.4 Å². The molecule has 0 saturated carbocycles. The van der Waals surface area contributed by atoms with Crippen molar-refractivity contribution in [3.05, 3.63) is 57.6 Å². The minimum Gasteiger partial charge on any atom is -0.409 e. The number of nitrogens with one attached hydrogen (secondary N) is 2. The fourth-order valence-corrected chi connectivity index (χ4v) is 3.02.